The van der Waals surface area contributed by atoms with E-state index in [1.807, 2.05) is 20.8 Å². The summed E-state index contributed by atoms with van der Waals surface area (Å²) in [5.41, 5.74) is 0. The van der Waals surface area contributed by atoms with Crippen LogP contribution in [0, 0.1) is 0 Å². The molecule has 0 heterocycles. The van der Waals surface area contributed by atoms with Gasteiger partial charge >= 0.3 is 0 Å². The molecule has 6 heteroatoms. The minimum absolute atomic E-state index is 0. The van der Waals surface area contributed by atoms with Crippen LogP contribution in [-0.4, -0.2) is 33.4 Å². The first-order valence-electron chi connectivity index (χ1n) is 6.14. The molecule has 1 aromatic rings. The highest BCUT2D eigenvalue weighted by Gasteiger charge is 2.14. The summed E-state index contributed by atoms with van der Waals surface area (Å²) in [6.07, 6.45) is 0. The van der Waals surface area contributed by atoms with E-state index in [0.717, 1.165) is 0 Å². The molecule has 0 aliphatic rings. The van der Waals surface area contributed by atoms with Gasteiger partial charge in [-0.1, -0.05) is 13.8 Å². The van der Waals surface area contributed by atoms with E-state index in [-0.39, 0.29) is 18.2 Å². The summed E-state index contributed by atoms with van der Waals surface area (Å²) in [4.78, 5) is 0.344. The predicted molar refractivity (Wildman–Crippen MR) is 80.1 cm³/mol. The molecule has 0 radical (unpaired) electrons. The van der Waals surface area contributed by atoms with Gasteiger partial charge in [-0.15, -0.1) is 12.4 Å². The molecule has 110 valence electrons. The molecule has 1 N–H and O–H groups in total. The number of ether oxygens (including phenoxy) is 1. The average Bonchev–Trinajstić information content (AvgIpc) is 2.29. The van der Waals surface area contributed by atoms with Crippen LogP contribution in [0.3, 0.4) is 0 Å². The van der Waals surface area contributed by atoms with Gasteiger partial charge in [0.05, 0.1) is 17.3 Å². The maximum absolute atomic E-state index is 12.0. The van der Waals surface area contributed by atoms with Gasteiger partial charge in [-0.05, 0) is 31.2 Å². The van der Waals surface area contributed by atoms with Crippen molar-refractivity contribution >= 4 is 22.2 Å². The molecule has 0 spiro atoms. The zero-order valence-corrected chi connectivity index (χ0v) is 13.2. The van der Waals surface area contributed by atoms with Crippen LogP contribution >= 0.6 is 12.4 Å². The zero-order valence-electron chi connectivity index (χ0n) is 11.5. The Morgan fingerprint density at radius 1 is 1.21 bits per heavy atom. The van der Waals surface area contributed by atoms with Crippen molar-refractivity contribution in [3.05, 3.63) is 24.3 Å². The summed E-state index contributed by atoms with van der Waals surface area (Å²) in [5, 5.41) is 3.10. The van der Waals surface area contributed by atoms with Crippen LogP contribution in [0.5, 0.6) is 5.75 Å². The van der Waals surface area contributed by atoms with E-state index >= 15 is 0 Å². The molecule has 0 amide bonds. The van der Waals surface area contributed by atoms with E-state index in [2.05, 4.69) is 5.32 Å². The number of benzene rings is 1. The molecule has 0 aliphatic heterocycles. The summed E-state index contributed by atoms with van der Waals surface area (Å²) in [7, 11) is -3.21. The minimum atomic E-state index is -3.21. The van der Waals surface area contributed by atoms with Crippen molar-refractivity contribution in [2.75, 3.05) is 18.9 Å². The molecule has 0 saturated carbocycles. The second-order valence-electron chi connectivity index (χ2n) is 4.33. The number of nitrogens with one attached hydrogen (secondary N) is 1. The number of sulfone groups is 1. The van der Waals surface area contributed by atoms with E-state index < -0.39 is 9.84 Å². The van der Waals surface area contributed by atoms with Crippen molar-refractivity contribution in [2.24, 2.45) is 0 Å². The van der Waals surface area contributed by atoms with Crippen molar-refractivity contribution in [3.8, 4) is 5.75 Å². The Morgan fingerprint density at radius 3 is 2.26 bits per heavy atom. The van der Waals surface area contributed by atoms with Crippen molar-refractivity contribution in [2.45, 2.75) is 31.7 Å². The van der Waals surface area contributed by atoms with E-state index in [9.17, 15) is 8.42 Å². The second-order valence-corrected chi connectivity index (χ2v) is 6.44. The molecule has 1 rings (SSSR count). The lowest BCUT2D eigenvalue weighted by atomic mass is 10.3. The molecule has 19 heavy (non-hydrogen) atoms. The Hall–Kier alpha value is -0.780. The molecular weight excluding hydrogens is 286 g/mol. The molecule has 0 saturated heterocycles. The van der Waals surface area contributed by atoms with Crippen LogP contribution < -0.4 is 10.1 Å². The van der Waals surface area contributed by atoms with Crippen LogP contribution in [0.15, 0.2) is 29.2 Å². The van der Waals surface area contributed by atoms with Gasteiger partial charge in [0, 0.05) is 12.6 Å². The SMILES string of the molecule is CCOc1ccc(S(=O)(=O)CCNC(C)C)cc1.Cl. The highest BCUT2D eigenvalue weighted by Crippen LogP contribution is 2.16. The van der Waals surface area contributed by atoms with Crippen molar-refractivity contribution < 1.29 is 13.2 Å². The molecule has 0 aromatic heterocycles. The third-order valence-electron chi connectivity index (χ3n) is 2.42. The molecular formula is C13H22ClNO3S. The third kappa shape index (κ3) is 6.27. The van der Waals surface area contributed by atoms with E-state index in [1.54, 1.807) is 24.3 Å². The topological polar surface area (TPSA) is 55.4 Å². The van der Waals surface area contributed by atoms with E-state index in [1.165, 1.54) is 0 Å². The lowest BCUT2D eigenvalue weighted by Gasteiger charge is -2.09. The Labute approximate surface area is 121 Å². The smallest absolute Gasteiger partial charge is 0.179 e. The maximum atomic E-state index is 12.0. The highest BCUT2D eigenvalue weighted by atomic mass is 35.5. The highest BCUT2D eigenvalue weighted by molar-refractivity contribution is 7.91. The van der Waals surface area contributed by atoms with Gasteiger partial charge in [0.15, 0.2) is 9.84 Å². The summed E-state index contributed by atoms with van der Waals surface area (Å²) in [6, 6.07) is 6.85. The van der Waals surface area contributed by atoms with Gasteiger partial charge < -0.3 is 10.1 Å². The Morgan fingerprint density at radius 2 is 1.79 bits per heavy atom. The fraction of sp³-hybridized carbons (Fsp3) is 0.538. The standard InChI is InChI=1S/C13H21NO3S.ClH/c1-4-17-12-5-7-13(8-6-12)18(15,16)10-9-14-11(2)3;/h5-8,11,14H,4,9-10H2,1-3H3;1H. The summed E-state index contributed by atoms with van der Waals surface area (Å²) in [6.45, 7) is 6.91. The molecule has 4 nitrogen and oxygen atoms in total. The number of rotatable bonds is 7. The van der Waals surface area contributed by atoms with Crippen molar-refractivity contribution in [1.82, 2.24) is 5.32 Å². The second kappa shape index (κ2) is 8.40. The summed E-state index contributed by atoms with van der Waals surface area (Å²) < 4.78 is 29.3. The lowest BCUT2D eigenvalue weighted by Crippen LogP contribution is -2.28. The Balaban J connectivity index is 0.00000324. The van der Waals surface area contributed by atoms with Crippen LogP contribution in [0.25, 0.3) is 0 Å². The molecule has 1 aromatic carbocycles. The van der Waals surface area contributed by atoms with Gasteiger partial charge in [-0.3, -0.25) is 0 Å². The van der Waals surface area contributed by atoms with Crippen molar-refractivity contribution in [1.29, 1.82) is 0 Å². The number of hydrogen-bond donors (Lipinski definition) is 1. The molecule has 0 atom stereocenters. The van der Waals surface area contributed by atoms with E-state index in [0.29, 0.717) is 29.8 Å². The molecule has 0 fully saturated rings. The molecule has 0 bridgehead atoms. The fourth-order valence-electron chi connectivity index (χ4n) is 1.51. The van der Waals surface area contributed by atoms with Gasteiger partial charge in [-0.2, -0.15) is 0 Å². The summed E-state index contributed by atoms with van der Waals surface area (Å²) >= 11 is 0. The Bertz CT molecular complexity index is 457. The van der Waals surface area contributed by atoms with Crippen LogP contribution in [0.2, 0.25) is 0 Å². The monoisotopic (exact) mass is 307 g/mol. The van der Waals surface area contributed by atoms with Gasteiger partial charge in [0.2, 0.25) is 0 Å². The quantitative estimate of drug-likeness (QED) is 0.839. The zero-order chi connectivity index (χ0) is 13.6. The van der Waals surface area contributed by atoms with Gasteiger partial charge in [-0.25, -0.2) is 8.42 Å². The summed E-state index contributed by atoms with van der Waals surface area (Å²) in [5.74, 6) is 0.802. The Kier molecular flexibility index (Phi) is 8.06. The van der Waals surface area contributed by atoms with Gasteiger partial charge in [0.1, 0.15) is 5.75 Å². The van der Waals surface area contributed by atoms with Crippen LogP contribution in [-0.2, 0) is 9.84 Å². The minimum Gasteiger partial charge on any atom is -0.494 e. The average molecular weight is 308 g/mol. The largest absolute Gasteiger partial charge is 0.494 e. The third-order valence-corrected chi connectivity index (χ3v) is 4.15. The number of hydrogen-bond acceptors (Lipinski definition) is 4. The fourth-order valence-corrected chi connectivity index (χ4v) is 2.68. The van der Waals surface area contributed by atoms with Gasteiger partial charge in [0.25, 0.3) is 0 Å². The molecule has 0 unspecified atom stereocenters. The van der Waals surface area contributed by atoms with Crippen molar-refractivity contribution in [3.63, 3.8) is 0 Å². The first-order valence-corrected chi connectivity index (χ1v) is 7.80. The predicted octanol–water partition coefficient (Wildman–Crippen LogP) is 2.28. The first kappa shape index (κ1) is 18.2. The number of halogens is 1. The first-order chi connectivity index (χ1) is 8.45. The van der Waals surface area contributed by atoms with E-state index in [4.69, 9.17) is 4.74 Å². The lowest BCUT2D eigenvalue weighted by molar-refractivity contribution is 0.340. The molecule has 0 aliphatic carbocycles. The van der Waals surface area contributed by atoms with Crippen LogP contribution in [0.1, 0.15) is 20.8 Å². The normalized spacial score (nSPS) is 11.2. The maximum Gasteiger partial charge on any atom is 0.179 e. The van der Waals surface area contributed by atoms with Crippen LogP contribution in [0.4, 0.5) is 0 Å².